The first-order valence-corrected chi connectivity index (χ1v) is 5.76. The number of hydrogen-bond donors (Lipinski definition) is 3. The molecule has 0 radical (unpaired) electrons. The van der Waals surface area contributed by atoms with Gasteiger partial charge in [-0.2, -0.15) is 5.10 Å². The lowest BCUT2D eigenvalue weighted by Gasteiger charge is -2.04. The van der Waals surface area contributed by atoms with Crippen molar-refractivity contribution in [3.8, 4) is 0 Å². The second-order valence-corrected chi connectivity index (χ2v) is 3.90. The van der Waals surface area contributed by atoms with Crippen LogP contribution in [0.15, 0.2) is 18.6 Å². The van der Waals surface area contributed by atoms with Crippen LogP contribution in [0.2, 0.25) is 0 Å². The highest BCUT2D eigenvalue weighted by Crippen LogP contribution is 2.14. The molecule has 0 saturated heterocycles. The smallest absolute Gasteiger partial charge is 0.275 e. The Morgan fingerprint density at radius 2 is 2.21 bits per heavy atom. The predicted molar refractivity (Wildman–Crippen MR) is 70.4 cm³/mol. The number of nitrogen functional groups attached to an aromatic ring is 1. The third-order valence-corrected chi connectivity index (χ3v) is 2.52. The summed E-state index contributed by atoms with van der Waals surface area (Å²) in [5.74, 6) is 5.24. The Morgan fingerprint density at radius 1 is 1.42 bits per heavy atom. The van der Waals surface area contributed by atoms with Crippen molar-refractivity contribution in [1.82, 2.24) is 19.7 Å². The highest BCUT2D eigenvalue weighted by molar-refractivity contribution is 6.02. The summed E-state index contributed by atoms with van der Waals surface area (Å²) in [5, 5.41) is 7.00. The first kappa shape index (κ1) is 13.0. The number of hydrogen-bond acceptors (Lipinski definition) is 6. The van der Waals surface area contributed by atoms with Gasteiger partial charge >= 0.3 is 0 Å². The van der Waals surface area contributed by atoms with Gasteiger partial charge in [-0.1, -0.05) is 6.92 Å². The molecule has 4 N–H and O–H groups in total. The lowest BCUT2D eigenvalue weighted by molar-refractivity contribution is 0.102. The number of carbonyl (C=O) groups is 1. The van der Waals surface area contributed by atoms with Gasteiger partial charge in [-0.15, -0.1) is 0 Å². The molecule has 0 spiro atoms. The molecule has 2 heterocycles. The summed E-state index contributed by atoms with van der Waals surface area (Å²) in [6.45, 7) is 1.97. The SMILES string of the molecule is CCc1nn(C)cc1NC(=O)c1cnc(NN)cn1. The molecule has 0 bridgehead atoms. The van der Waals surface area contributed by atoms with Crippen molar-refractivity contribution in [2.75, 3.05) is 10.7 Å². The van der Waals surface area contributed by atoms with Gasteiger partial charge in [0.25, 0.3) is 5.91 Å². The summed E-state index contributed by atoms with van der Waals surface area (Å²) in [5.41, 5.74) is 4.06. The molecule has 0 aliphatic carbocycles. The number of aromatic nitrogens is 4. The highest BCUT2D eigenvalue weighted by Gasteiger charge is 2.12. The maximum atomic E-state index is 12.0. The van der Waals surface area contributed by atoms with Crippen molar-refractivity contribution in [3.63, 3.8) is 0 Å². The quantitative estimate of drug-likeness (QED) is 0.539. The third kappa shape index (κ3) is 2.86. The lowest BCUT2D eigenvalue weighted by Crippen LogP contribution is -2.16. The summed E-state index contributed by atoms with van der Waals surface area (Å²) >= 11 is 0. The van der Waals surface area contributed by atoms with Gasteiger partial charge in [-0.3, -0.25) is 9.48 Å². The second-order valence-electron chi connectivity index (χ2n) is 3.90. The topological polar surface area (TPSA) is 111 Å². The van der Waals surface area contributed by atoms with Crippen LogP contribution in [0.5, 0.6) is 0 Å². The van der Waals surface area contributed by atoms with Gasteiger partial charge in [0.1, 0.15) is 5.69 Å². The Hall–Kier alpha value is -2.48. The molecule has 100 valence electrons. The van der Waals surface area contributed by atoms with Crippen LogP contribution in [0.1, 0.15) is 23.1 Å². The van der Waals surface area contributed by atoms with Crippen LogP contribution in [0.4, 0.5) is 11.5 Å². The molecule has 0 aliphatic rings. The molecular weight excluding hydrogens is 246 g/mol. The average Bonchev–Trinajstić information content (AvgIpc) is 2.78. The van der Waals surface area contributed by atoms with E-state index in [1.54, 1.807) is 17.9 Å². The van der Waals surface area contributed by atoms with Gasteiger partial charge in [0.15, 0.2) is 5.82 Å². The van der Waals surface area contributed by atoms with Crippen molar-refractivity contribution in [3.05, 3.63) is 30.0 Å². The molecule has 8 nitrogen and oxygen atoms in total. The molecule has 2 rings (SSSR count). The fourth-order valence-corrected chi connectivity index (χ4v) is 1.61. The van der Waals surface area contributed by atoms with Crippen LogP contribution < -0.4 is 16.6 Å². The lowest BCUT2D eigenvalue weighted by atomic mass is 10.3. The number of nitrogens with one attached hydrogen (secondary N) is 2. The van der Waals surface area contributed by atoms with E-state index in [2.05, 4.69) is 25.8 Å². The van der Waals surface area contributed by atoms with Crippen molar-refractivity contribution >= 4 is 17.4 Å². The number of aryl methyl sites for hydroxylation is 2. The normalized spacial score (nSPS) is 10.3. The predicted octanol–water partition coefficient (Wildman–Crippen LogP) is 0.310. The molecule has 0 unspecified atom stereocenters. The summed E-state index contributed by atoms with van der Waals surface area (Å²) in [4.78, 5) is 19.9. The summed E-state index contributed by atoms with van der Waals surface area (Å²) < 4.78 is 1.65. The Bertz CT molecular complexity index is 575. The van der Waals surface area contributed by atoms with E-state index in [0.717, 1.165) is 12.1 Å². The highest BCUT2D eigenvalue weighted by atomic mass is 16.1. The van der Waals surface area contributed by atoms with E-state index in [9.17, 15) is 4.79 Å². The minimum atomic E-state index is -0.334. The Kier molecular flexibility index (Phi) is 3.71. The van der Waals surface area contributed by atoms with Gasteiger partial charge < -0.3 is 10.7 Å². The number of amides is 1. The zero-order valence-electron chi connectivity index (χ0n) is 10.7. The van der Waals surface area contributed by atoms with Crippen molar-refractivity contribution in [2.45, 2.75) is 13.3 Å². The van der Waals surface area contributed by atoms with Gasteiger partial charge in [0.05, 0.1) is 23.8 Å². The molecular formula is C11H15N7O. The van der Waals surface area contributed by atoms with Crippen LogP contribution >= 0.6 is 0 Å². The zero-order valence-corrected chi connectivity index (χ0v) is 10.7. The van der Waals surface area contributed by atoms with Crippen LogP contribution in [-0.4, -0.2) is 25.7 Å². The van der Waals surface area contributed by atoms with Gasteiger partial charge in [0.2, 0.25) is 0 Å². The van der Waals surface area contributed by atoms with Crippen LogP contribution in [0, 0.1) is 0 Å². The van der Waals surface area contributed by atoms with E-state index in [-0.39, 0.29) is 11.6 Å². The Balaban J connectivity index is 2.15. The maximum absolute atomic E-state index is 12.0. The molecule has 8 heteroatoms. The number of anilines is 2. The number of nitrogens with zero attached hydrogens (tertiary/aromatic N) is 4. The molecule has 2 aromatic heterocycles. The molecule has 0 aliphatic heterocycles. The second kappa shape index (κ2) is 5.44. The minimum absolute atomic E-state index is 0.213. The van der Waals surface area contributed by atoms with Crippen molar-refractivity contribution in [1.29, 1.82) is 0 Å². The number of hydrazine groups is 1. The monoisotopic (exact) mass is 261 g/mol. The Morgan fingerprint density at radius 3 is 2.79 bits per heavy atom. The minimum Gasteiger partial charge on any atom is -0.318 e. The van der Waals surface area contributed by atoms with Crippen molar-refractivity contribution in [2.24, 2.45) is 12.9 Å². The first-order chi connectivity index (χ1) is 9.13. The van der Waals surface area contributed by atoms with E-state index in [0.29, 0.717) is 11.5 Å². The molecule has 2 aromatic rings. The molecule has 0 aromatic carbocycles. The summed E-state index contributed by atoms with van der Waals surface area (Å²) in [7, 11) is 1.80. The van der Waals surface area contributed by atoms with E-state index in [1.807, 2.05) is 6.92 Å². The molecule has 1 amide bonds. The number of rotatable bonds is 4. The zero-order chi connectivity index (χ0) is 13.8. The van der Waals surface area contributed by atoms with Gasteiger partial charge in [0, 0.05) is 13.2 Å². The number of nitrogens with two attached hydrogens (primary N) is 1. The molecule has 0 saturated carbocycles. The number of carbonyl (C=O) groups excluding carboxylic acids is 1. The fourth-order valence-electron chi connectivity index (χ4n) is 1.61. The molecule has 0 fully saturated rings. The Labute approximate surface area is 110 Å². The molecule has 0 atom stereocenters. The summed E-state index contributed by atoms with van der Waals surface area (Å²) in [6.07, 6.45) is 5.23. The third-order valence-electron chi connectivity index (χ3n) is 2.52. The maximum Gasteiger partial charge on any atom is 0.275 e. The van der Waals surface area contributed by atoms with Crippen LogP contribution in [-0.2, 0) is 13.5 Å². The average molecular weight is 261 g/mol. The van der Waals surface area contributed by atoms with Gasteiger partial charge in [-0.05, 0) is 6.42 Å². The first-order valence-electron chi connectivity index (χ1n) is 5.76. The van der Waals surface area contributed by atoms with E-state index < -0.39 is 0 Å². The van der Waals surface area contributed by atoms with Crippen molar-refractivity contribution < 1.29 is 4.79 Å². The van der Waals surface area contributed by atoms with Crippen LogP contribution in [0.25, 0.3) is 0 Å². The van der Waals surface area contributed by atoms with E-state index in [4.69, 9.17) is 5.84 Å². The van der Waals surface area contributed by atoms with E-state index in [1.165, 1.54) is 12.4 Å². The van der Waals surface area contributed by atoms with Gasteiger partial charge in [-0.25, -0.2) is 15.8 Å². The largest absolute Gasteiger partial charge is 0.318 e. The van der Waals surface area contributed by atoms with E-state index >= 15 is 0 Å². The molecule has 19 heavy (non-hydrogen) atoms. The summed E-state index contributed by atoms with van der Waals surface area (Å²) in [6, 6.07) is 0. The standard InChI is InChI=1S/C11H15N7O/c1-3-7-9(6-18(2)17-7)15-11(19)8-4-14-10(16-12)5-13-8/h4-6H,3,12H2,1-2H3,(H,14,16)(H,15,19). The fraction of sp³-hybridized carbons (Fsp3) is 0.273. The van der Waals surface area contributed by atoms with Crippen LogP contribution in [0.3, 0.4) is 0 Å².